The van der Waals surface area contributed by atoms with Gasteiger partial charge < -0.3 is 5.73 Å². The van der Waals surface area contributed by atoms with Crippen molar-refractivity contribution < 1.29 is 4.92 Å². The van der Waals surface area contributed by atoms with E-state index in [2.05, 4.69) is 15.9 Å². The summed E-state index contributed by atoms with van der Waals surface area (Å²) in [4.78, 5) is 10.6. The second-order valence-electron chi connectivity index (χ2n) is 3.13. The Hall–Kier alpha value is -1.01. The summed E-state index contributed by atoms with van der Waals surface area (Å²) in [6.07, 6.45) is 0.439. The lowest BCUT2D eigenvalue weighted by Gasteiger charge is -2.05. The normalized spacial score (nSPS) is 10.0. The first-order chi connectivity index (χ1) is 6.91. The molecular formula is C9H9BrN2O2S. The second-order valence-corrected chi connectivity index (χ2v) is 4.51. The summed E-state index contributed by atoms with van der Waals surface area (Å²) in [5.41, 5.74) is 6.98. The molecule has 0 saturated carbocycles. The maximum Gasteiger partial charge on any atom is 0.273 e. The molecule has 0 aromatic heterocycles. The summed E-state index contributed by atoms with van der Waals surface area (Å²) in [6.45, 7) is 1.69. The van der Waals surface area contributed by atoms with Crippen LogP contribution in [0.25, 0.3) is 0 Å². The average molecular weight is 289 g/mol. The van der Waals surface area contributed by atoms with Crippen molar-refractivity contribution in [3.63, 3.8) is 0 Å². The van der Waals surface area contributed by atoms with Gasteiger partial charge in [0.2, 0.25) is 0 Å². The average Bonchev–Trinajstić information content (AvgIpc) is 2.09. The Kier molecular flexibility index (Phi) is 3.76. The fraction of sp³-hybridized carbons (Fsp3) is 0.222. The van der Waals surface area contributed by atoms with Gasteiger partial charge in [0.15, 0.2) is 0 Å². The number of hydrogen-bond donors (Lipinski definition) is 1. The van der Waals surface area contributed by atoms with Crippen LogP contribution in [-0.4, -0.2) is 9.91 Å². The van der Waals surface area contributed by atoms with E-state index >= 15 is 0 Å². The smallest absolute Gasteiger partial charge is 0.273 e. The lowest BCUT2D eigenvalue weighted by Crippen LogP contribution is -2.11. The first-order valence-corrected chi connectivity index (χ1v) is 5.33. The summed E-state index contributed by atoms with van der Waals surface area (Å²) in [7, 11) is 0. The SMILES string of the molecule is Cc1cc(CC(N)=S)c(Br)cc1[N+](=O)[O-]. The molecule has 0 heterocycles. The van der Waals surface area contributed by atoms with Crippen molar-refractivity contribution in [3.8, 4) is 0 Å². The van der Waals surface area contributed by atoms with Gasteiger partial charge >= 0.3 is 0 Å². The maximum absolute atomic E-state index is 10.6. The summed E-state index contributed by atoms with van der Waals surface area (Å²) in [6, 6.07) is 3.20. The number of nitrogens with zero attached hydrogens (tertiary/aromatic N) is 1. The molecule has 0 unspecified atom stereocenters. The number of thiocarbonyl (C=S) groups is 1. The Morgan fingerprint density at radius 3 is 2.73 bits per heavy atom. The molecule has 0 bridgehead atoms. The van der Waals surface area contributed by atoms with Crippen molar-refractivity contribution in [1.82, 2.24) is 0 Å². The van der Waals surface area contributed by atoms with E-state index in [9.17, 15) is 10.1 Å². The van der Waals surface area contributed by atoms with Gasteiger partial charge in [-0.15, -0.1) is 0 Å². The van der Waals surface area contributed by atoms with E-state index in [1.807, 2.05) is 0 Å². The number of nitro groups is 1. The molecule has 0 aliphatic carbocycles. The van der Waals surface area contributed by atoms with Crippen molar-refractivity contribution in [2.24, 2.45) is 5.73 Å². The van der Waals surface area contributed by atoms with Gasteiger partial charge in [0.1, 0.15) is 0 Å². The highest BCUT2D eigenvalue weighted by Crippen LogP contribution is 2.27. The third-order valence-electron chi connectivity index (χ3n) is 1.93. The summed E-state index contributed by atoms with van der Waals surface area (Å²) < 4.78 is 0.660. The predicted molar refractivity (Wildman–Crippen MR) is 66.0 cm³/mol. The Labute approximate surface area is 101 Å². The molecule has 2 N–H and O–H groups in total. The van der Waals surface area contributed by atoms with E-state index in [0.29, 0.717) is 21.4 Å². The van der Waals surface area contributed by atoms with E-state index in [1.54, 1.807) is 13.0 Å². The molecule has 1 aromatic rings. The zero-order chi connectivity index (χ0) is 11.6. The first-order valence-electron chi connectivity index (χ1n) is 4.13. The number of nitro benzene ring substituents is 1. The van der Waals surface area contributed by atoms with Crippen LogP contribution >= 0.6 is 28.1 Å². The molecule has 0 amide bonds. The highest BCUT2D eigenvalue weighted by molar-refractivity contribution is 9.10. The van der Waals surface area contributed by atoms with Crippen LogP contribution in [0.2, 0.25) is 0 Å². The van der Waals surface area contributed by atoms with Crippen LogP contribution in [0.15, 0.2) is 16.6 Å². The van der Waals surface area contributed by atoms with E-state index in [-0.39, 0.29) is 5.69 Å². The number of benzene rings is 1. The molecule has 0 aliphatic rings. The van der Waals surface area contributed by atoms with Gasteiger partial charge in [-0.05, 0) is 18.6 Å². The minimum atomic E-state index is -0.412. The minimum Gasteiger partial charge on any atom is -0.393 e. The lowest BCUT2D eigenvalue weighted by atomic mass is 10.1. The van der Waals surface area contributed by atoms with E-state index in [0.717, 1.165) is 5.56 Å². The van der Waals surface area contributed by atoms with Gasteiger partial charge in [-0.1, -0.05) is 28.1 Å². The summed E-state index contributed by atoms with van der Waals surface area (Å²) in [5, 5.41) is 10.6. The molecule has 0 aliphatic heterocycles. The van der Waals surface area contributed by atoms with Crippen LogP contribution in [0.3, 0.4) is 0 Å². The van der Waals surface area contributed by atoms with Crippen LogP contribution in [-0.2, 0) is 6.42 Å². The van der Waals surface area contributed by atoms with Crippen LogP contribution in [0, 0.1) is 17.0 Å². The standard InChI is InChI=1S/C9H9BrN2O2S/c1-5-2-6(3-9(11)15)7(10)4-8(5)12(13)14/h2,4H,3H2,1H3,(H2,11,15). The molecule has 0 fully saturated rings. The minimum absolute atomic E-state index is 0.0913. The van der Waals surface area contributed by atoms with Gasteiger partial charge in [-0.25, -0.2) is 0 Å². The number of halogens is 1. The summed E-state index contributed by atoms with van der Waals surface area (Å²) in [5.74, 6) is 0. The molecule has 0 radical (unpaired) electrons. The highest BCUT2D eigenvalue weighted by atomic mass is 79.9. The fourth-order valence-electron chi connectivity index (χ4n) is 1.25. The van der Waals surface area contributed by atoms with Crippen molar-refractivity contribution in [1.29, 1.82) is 0 Å². The molecule has 1 rings (SSSR count). The third-order valence-corrected chi connectivity index (χ3v) is 2.81. The molecule has 0 spiro atoms. The molecular weight excluding hydrogens is 280 g/mol. The second kappa shape index (κ2) is 4.67. The van der Waals surface area contributed by atoms with Crippen molar-refractivity contribution in [2.75, 3.05) is 0 Å². The van der Waals surface area contributed by atoms with Crippen molar-refractivity contribution >= 4 is 38.8 Å². The Morgan fingerprint density at radius 1 is 1.67 bits per heavy atom. The van der Waals surface area contributed by atoms with Gasteiger partial charge in [-0.3, -0.25) is 10.1 Å². The van der Waals surface area contributed by atoms with Gasteiger partial charge in [-0.2, -0.15) is 0 Å². The van der Waals surface area contributed by atoms with Crippen LogP contribution in [0.5, 0.6) is 0 Å². The highest BCUT2D eigenvalue weighted by Gasteiger charge is 2.14. The number of aryl methyl sites for hydroxylation is 1. The quantitative estimate of drug-likeness (QED) is 0.527. The molecule has 4 nitrogen and oxygen atoms in total. The fourth-order valence-corrected chi connectivity index (χ4v) is 1.88. The zero-order valence-electron chi connectivity index (χ0n) is 7.99. The van der Waals surface area contributed by atoms with Gasteiger partial charge in [0.05, 0.1) is 9.91 Å². The molecule has 6 heteroatoms. The predicted octanol–water partition coefficient (Wildman–Crippen LogP) is 2.49. The van der Waals surface area contributed by atoms with Crippen molar-refractivity contribution in [2.45, 2.75) is 13.3 Å². The Balaban J connectivity index is 3.19. The van der Waals surface area contributed by atoms with Crippen LogP contribution in [0.1, 0.15) is 11.1 Å². The summed E-state index contributed by atoms with van der Waals surface area (Å²) >= 11 is 8.05. The lowest BCUT2D eigenvalue weighted by molar-refractivity contribution is -0.385. The van der Waals surface area contributed by atoms with Gasteiger partial charge in [0.25, 0.3) is 5.69 Å². The Morgan fingerprint density at radius 2 is 2.27 bits per heavy atom. The largest absolute Gasteiger partial charge is 0.393 e. The number of rotatable bonds is 3. The monoisotopic (exact) mass is 288 g/mol. The molecule has 80 valence electrons. The molecule has 0 saturated heterocycles. The van der Waals surface area contributed by atoms with E-state index in [4.69, 9.17) is 18.0 Å². The van der Waals surface area contributed by atoms with E-state index < -0.39 is 4.92 Å². The van der Waals surface area contributed by atoms with Crippen LogP contribution in [0.4, 0.5) is 5.69 Å². The number of hydrogen-bond acceptors (Lipinski definition) is 3. The topological polar surface area (TPSA) is 69.2 Å². The molecule has 1 aromatic carbocycles. The molecule has 15 heavy (non-hydrogen) atoms. The zero-order valence-corrected chi connectivity index (χ0v) is 10.4. The van der Waals surface area contributed by atoms with Gasteiger partial charge in [0, 0.05) is 22.5 Å². The maximum atomic E-state index is 10.6. The van der Waals surface area contributed by atoms with Crippen molar-refractivity contribution in [3.05, 3.63) is 37.8 Å². The third kappa shape index (κ3) is 2.97. The van der Waals surface area contributed by atoms with Crippen LogP contribution < -0.4 is 5.73 Å². The number of nitrogens with two attached hydrogens (primary N) is 1. The van der Waals surface area contributed by atoms with E-state index in [1.165, 1.54) is 6.07 Å². The Bertz CT molecular complexity index is 434. The first kappa shape index (κ1) is 12.1. The molecule has 0 atom stereocenters.